The predicted octanol–water partition coefficient (Wildman–Crippen LogP) is 3.99. The van der Waals surface area contributed by atoms with Crippen LogP contribution in [0.1, 0.15) is 42.5 Å². The first kappa shape index (κ1) is 14.3. The van der Waals surface area contributed by atoms with Crippen LogP contribution in [-0.2, 0) is 0 Å². The molecule has 1 aromatic heterocycles. The molecule has 4 nitrogen and oxygen atoms in total. The number of nitrogens with zero attached hydrogens (tertiary/aromatic N) is 2. The Morgan fingerprint density at radius 3 is 2.38 bits per heavy atom. The summed E-state index contributed by atoms with van der Waals surface area (Å²) >= 11 is 0. The molecule has 24 heavy (non-hydrogen) atoms. The Morgan fingerprint density at radius 2 is 1.71 bits per heavy atom. The number of carbonyl (C=O) groups excluding carboxylic acids is 1. The SMILES string of the molecule is O=C(c1ccc(-c2cnco2)cc1)N1CC2CC3CC(C2)CC1C3. The summed E-state index contributed by atoms with van der Waals surface area (Å²) < 4.78 is 5.32. The lowest BCUT2D eigenvalue weighted by Crippen LogP contribution is -2.42. The lowest BCUT2D eigenvalue weighted by molar-refractivity contribution is 0.0632. The minimum atomic E-state index is 0.206. The zero-order chi connectivity index (χ0) is 16.1. The van der Waals surface area contributed by atoms with Gasteiger partial charge >= 0.3 is 0 Å². The van der Waals surface area contributed by atoms with Crippen LogP contribution in [0.5, 0.6) is 0 Å². The second-order valence-electron chi connectivity index (χ2n) is 7.83. The fourth-order valence-electron chi connectivity index (χ4n) is 5.33. The summed E-state index contributed by atoms with van der Waals surface area (Å²) in [4.78, 5) is 19.2. The first-order valence-electron chi connectivity index (χ1n) is 9.06. The van der Waals surface area contributed by atoms with Crippen LogP contribution in [0.25, 0.3) is 11.3 Å². The molecule has 1 aromatic carbocycles. The third-order valence-corrected chi connectivity index (χ3v) is 6.22. The van der Waals surface area contributed by atoms with Crippen molar-refractivity contribution in [3.8, 4) is 11.3 Å². The van der Waals surface area contributed by atoms with E-state index >= 15 is 0 Å². The number of rotatable bonds is 2. The summed E-state index contributed by atoms with van der Waals surface area (Å²) in [6.45, 7) is 0.959. The van der Waals surface area contributed by atoms with Crippen molar-refractivity contribution in [2.75, 3.05) is 6.54 Å². The van der Waals surface area contributed by atoms with Crippen molar-refractivity contribution in [2.24, 2.45) is 17.8 Å². The van der Waals surface area contributed by atoms with Gasteiger partial charge in [-0.3, -0.25) is 4.79 Å². The molecule has 2 aliphatic heterocycles. The molecule has 4 bridgehead atoms. The van der Waals surface area contributed by atoms with E-state index in [0.717, 1.165) is 41.2 Å². The molecular formula is C20H22N2O2. The highest BCUT2D eigenvalue weighted by Crippen LogP contribution is 2.47. The quantitative estimate of drug-likeness (QED) is 0.840. The van der Waals surface area contributed by atoms with Gasteiger partial charge in [-0.1, -0.05) is 12.1 Å². The largest absolute Gasteiger partial charge is 0.444 e. The topological polar surface area (TPSA) is 46.3 Å². The number of hydrogen-bond donors (Lipinski definition) is 0. The fourth-order valence-corrected chi connectivity index (χ4v) is 5.33. The number of benzene rings is 1. The van der Waals surface area contributed by atoms with Crippen molar-refractivity contribution in [1.82, 2.24) is 9.88 Å². The van der Waals surface area contributed by atoms with Crippen LogP contribution in [-0.4, -0.2) is 28.4 Å². The number of hydrogen-bond acceptors (Lipinski definition) is 3. The Balaban J connectivity index is 1.40. The molecule has 2 unspecified atom stereocenters. The average molecular weight is 322 g/mol. The van der Waals surface area contributed by atoms with Crippen molar-refractivity contribution in [1.29, 1.82) is 0 Å². The highest BCUT2D eigenvalue weighted by molar-refractivity contribution is 5.95. The van der Waals surface area contributed by atoms with E-state index < -0.39 is 0 Å². The maximum absolute atomic E-state index is 13.1. The van der Waals surface area contributed by atoms with E-state index in [1.54, 1.807) is 6.20 Å². The molecule has 0 spiro atoms. The van der Waals surface area contributed by atoms with Crippen LogP contribution < -0.4 is 0 Å². The lowest BCUT2D eigenvalue weighted by Gasteiger charge is -2.39. The third kappa shape index (κ3) is 2.36. The van der Waals surface area contributed by atoms with Gasteiger partial charge in [0.1, 0.15) is 0 Å². The summed E-state index contributed by atoms with van der Waals surface area (Å²) in [5.41, 5.74) is 1.75. The number of carbonyl (C=O) groups is 1. The zero-order valence-electron chi connectivity index (χ0n) is 13.7. The molecule has 2 aliphatic carbocycles. The first-order chi connectivity index (χ1) is 11.8. The van der Waals surface area contributed by atoms with Gasteiger partial charge in [-0.25, -0.2) is 4.98 Å². The summed E-state index contributed by atoms with van der Waals surface area (Å²) in [7, 11) is 0. The van der Waals surface area contributed by atoms with E-state index in [2.05, 4.69) is 9.88 Å². The first-order valence-corrected chi connectivity index (χ1v) is 9.06. The highest BCUT2D eigenvalue weighted by Gasteiger charge is 2.44. The van der Waals surface area contributed by atoms with E-state index in [-0.39, 0.29) is 5.91 Å². The average Bonchev–Trinajstić information content (AvgIpc) is 3.06. The Morgan fingerprint density at radius 1 is 1.00 bits per heavy atom. The van der Waals surface area contributed by atoms with E-state index in [0.29, 0.717) is 6.04 Å². The number of amides is 1. The number of fused-ring (bicyclic) bond motifs is 1. The molecule has 4 heteroatoms. The van der Waals surface area contributed by atoms with Crippen molar-refractivity contribution in [2.45, 2.75) is 38.1 Å². The van der Waals surface area contributed by atoms with Crippen LogP contribution in [0.3, 0.4) is 0 Å². The maximum Gasteiger partial charge on any atom is 0.254 e. The van der Waals surface area contributed by atoms with Gasteiger partial charge in [0.2, 0.25) is 0 Å². The van der Waals surface area contributed by atoms with Crippen LogP contribution in [0.4, 0.5) is 0 Å². The van der Waals surface area contributed by atoms with Crippen molar-refractivity contribution in [3.05, 3.63) is 42.4 Å². The standard InChI is InChI=1S/C20H22N2O2/c23-20(17-3-1-16(2-4-17)19-10-21-12-24-19)22-11-15-6-13-5-14(7-15)9-18(22)8-13/h1-4,10,12-15,18H,5-9,11H2. The van der Waals surface area contributed by atoms with Crippen LogP contribution in [0.2, 0.25) is 0 Å². The van der Waals surface area contributed by atoms with Gasteiger partial charge in [0.25, 0.3) is 5.91 Å². The van der Waals surface area contributed by atoms with E-state index in [1.165, 1.54) is 38.5 Å². The van der Waals surface area contributed by atoms with Gasteiger partial charge in [-0.05, 0) is 62.0 Å². The normalized spacial score (nSPS) is 31.2. The van der Waals surface area contributed by atoms with Gasteiger partial charge in [-0.2, -0.15) is 0 Å². The van der Waals surface area contributed by atoms with E-state index in [4.69, 9.17) is 4.42 Å². The van der Waals surface area contributed by atoms with Gasteiger partial charge in [0.05, 0.1) is 6.20 Å². The molecule has 2 atom stereocenters. The van der Waals surface area contributed by atoms with Crippen LogP contribution in [0.15, 0.2) is 41.3 Å². The molecule has 124 valence electrons. The molecule has 0 radical (unpaired) electrons. The highest BCUT2D eigenvalue weighted by atomic mass is 16.3. The second kappa shape index (κ2) is 5.47. The minimum Gasteiger partial charge on any atom is -0.444 e. The third-order valence-electron chi connectivity index (χ3n) is 6.22. The van der Waals surface area contributed by atoms with Gasteiger partial charge in [-0.15, -0.1) is 0 Å². The molecule has 2 saturated heterocycles. The van der Waals surface area contributed by atoms with Crippen LogP contribution in [0, 0.1) is 17.8 Å². The molecular weight excluding hydrogens is 300 g/mol. The van der Waals surface area contributed by atoms with Gasteiger partial charge < -0.3 is 9.32 Å². The zero-order valence-corrected chi connectivity index (χ0v) is 13.7. The Kier molecular flexibility index (Phi) is 3.25. The summed E-state index contributed by atoms with van der Waals surface area (Å²) in [5.74, 6) is 3.38. The smallest absolute Gasteiger partial charge is 0.254 e. The summed E-state index contributed by atoms with van der Waals surface area (Å²) in [6.07, 6.45) is 9.63. The van der Waals surface area contributed by atoms with E-state index in [1.807, 2.05) is 24.3 Å². The Bertz CT molecular complexity index is 724. The molecule has 4 fully saturated rings. The molecule has 3 heterocycles. The summed E-state index contributed by atoms with van der Waals surface area (Å²) in [6, 6.07) is 8.22. The van der Waals surface area contributed by atoms with Crippen molar-refractivity contribution in [3.63, 3.8) is 0 Å². The number of aromatic nitrogens is 1. The maximum atomic E-state index is 13.1. The van der Waals surface area contributed by atoms with Gasteiger partial charge in [0.15, 0.2) is 12.2 Å². The second-order valence-corrected chi connectivity index (χ2v) is 7.83. The van der Waals surface area contributed by atoms with Crippen molar-refractivity contribution < 1.29 is 9.21 Å². The lowest BCUT2D eigenvalue weighted by atomic mass is 9.68. The molecule has 4 aliphatic rings. The van der Waals surface area contributed by atoms with Crippen LogP contribution >= 0.6 is 0 Å². The fraction of sp³-hybridized carbons (Fsp3) is 0.500. The number of oxazole rings is 1. The molecule has 6 rings (SSSR count). The molecule has 2 saturated carbocycles. The monoisotopic (exact) mass is 322 g/mol. The Hall–Kier alpha value is -2.10. The predicted molar refractivity (Wildman–Crippen MR) is 90.3 cm³/mol. The minimum absolute atomic E-state index is 0.206. The van der Waals surface area contributed by atoms with E-state index in [9.17, 15) is 4.79 Å². The van der Waals surface area contributed by atoms with Gasteiger partial charge in [0, 0.05) is 23.7 Å². The molecule has 1 amide bonds. The molecule has 0 N–H and O–H groups in total. The van der Waals surface area contributed by atoms with Crippen molar-refractivity contribution >= 4 is 5.91 Å². The Labute approximate surface area is 141 Å². The summed E-state index contributed by atoms with van der Waals surface area (Å²) in [5, 5.41) is 0. The molecule has 2 aromatic rings.